The van der Waals surface area contributed by atoms with Crippen LogP contribution >= 0.6 is 0 Å². The van der Waals surface area contributed by atoms with Crippen molar-refractivity contribution < 1.29 is 14.3 Å². The van der Waals surface area contributed by atoms with Crippen LogP contribution in [0.15, 0.2) is 12.1 Å². The fourth-order valence-electron chi connectivity index (χ4n) is 1.66. The van der Waals surface area contributed by atoms with Crippen LogP contribution in [0.4, 0.5) is 0 Å². The third-order valence-corrected chi connectivity index (χ3v) is 2.75. The van der Waals surface area contributed by atoms with Gasteiger partial charge in [-0.05, 0) is 43.5 Å². The summed E-state index contributed by atoms with van der Waals surface area (Å²) in [5.41, 5.74) is 3.89. The maximum Gasteiger partial charge on any atom is 0.222 e. The first kappa shape index (κ1) is 12.9. The number of Topliss-reactive ketones (excluding diaryl/α,β-unsaturated/α-hetero) is 1. The molecule has 3 nitrogen and oxygen atoms in total. The second-order valence-electron chi connectivity index (χ2n) is 3.92. The van der Waals surface area contributed by atoms with Crippen LogP contribution in [0.5, 0.6) is 0 Å². The number of aryl methyl sites for hydroxylation is 3. The van der Waals surface area contributed by atoms with Crippen molar-refractivity contribution in [3.8, 4) is 0 Å². The van der Waals surface area contributed by atoms with Gasteiger partial charge in [-0.15, -0.1) is 0 Å². The molecule has 0 aromatic heterocycles. The number of ether oxygens (including phenoxy) is 2. The first-order chi connectivity index (χ1) is 7.51. The van der Waals surface area contributed by atoms with Crippen LogP contribution in [0.3, 0.4) is 0 Å². The van der Waals surface area contributed by atoms with E-state index in [4.69, 9.17) is 9.47 Å². The van der Waals surface area contributed by atoms with Crippen LogP contribution in [-0.4, -0.2) is 26.3 Å². The fourth-order valence-corrected chi connectivity index (χ4v) is 1.66. The van der Waals surface area contributed by atoms with Crippen LogP contribution in [0.1, 0.15) is 27.0 Å². The number of carbonyl (C=O) groups excluding carboxylic acids is 1. The number of hydrogen-bond acceptors (Lipinski definition) is 3. The normalized spacial score (nSPS) is 10.9. The molecular formula is C13H18O3. The number of ketones is 1. The average molecular weight is 222 g/mol. The molecular weight excluding hydrogens is 204 g/mol. The van der Waals surface area contributed by atoms with Gasteiger partial charge in [0.1, 0.15) is 0 Å². The van der Waals surface area contributed by atoms with Gasteiger partial charge in [0.25, 0.3) is 0 Å². The van der Waals surface area contributed by atoms with Crippen molar-refractivity contribution in [2.24, 2.45) is 0 Å². The molecule has 16 heavy (non-hydrogen) atoms. The van der Waals surface area contributed by atoms with E-state index in [2.05, 4.69) is 0 Å². The van der Waals surface area contributed by atoms with E-state index < -0.39 is 6.29 Å². The maximum atomic E-state index is 12.0. The molecule has 0 fully saturated rings. The Labute approximate surface area is 96.4 Å². The van der Waals surface area contributed by atoms with Crippen LogP contribution < -0.4 is 0 Å². The molecule has 1 rings (SSSR count). The molecule has 0 saturated heterocycles. The molecule has 0 aliphatic carbocycles. The second-order valence-corrected chi connectivity index (χ2v) is 3.92. The number of benzene rings is 1. The Bertz CT molecular complexity index is 392. The van der Waals surface area contributed by atoms with Gasteiger partial charge in [-0.3, -0.25) is 4.79 Å². The topological polar surface area (TPSA) is 35.5 Å². The lowest BCUT2D eigenvalue weighted by molar-refractivity contribution is -0.0742. The molecule has 1 aromatic rings. The summed E-state index contributed by atoms with van der Waals surface area (Å²) in [5.74, 6) is -0.134. The standard InChI is InChI=1S/C13H18O3/c1-8-6-10(3)11(7-9(8)2)12(14)13(15-4)16-5/h6-7,13H,1-5H3. The summed E-state index contributed by atoms with van der Waals surface area (Å²) < 4.78 is 9.94. The Morgan fingerprint density at radius 1 is 1.00 bits per heavy atom. The average Bonchev–Trinajstić information content (AvgIpc) is 2.25. The molecule has 1 aromatic carbocycles. The van der Waals surface area contributed by atoms with Crippen molar-refractivity contribution in [3.05, 3.63) is 34.4 Å². The largest absolute Gasteiger partial charge is 0.349 e. The summed E-state index contributed by atoms with van der Waals surface area (Å²) in [4.78, 5) is 12.0. The van der Waals surface area contributed by atoms with Gasteiger partial charge in [0.15, 0.2) is 0 Å². The SMILES string of the molecule is COC(OC)C(=O)c1cc(C)c(C)cc1C. The molecule has 0 aliphatic heterocycles. The molecule has 0 heterocycles. The number of methoxy groups -OCH3 is 2. The van der Waals surface area contributed by atoms with E-state index in [0.29, 0.717) is 5.56 Å². The monoisotopic (exact) mass is 222 g/mol. The second kappa shape index (κ2) is 5.23. The minimum Gasteiger partial charge on any atom is -0.349 e. The van der Waals surface area contributed by atoms with Gasteiger partial charge in [-0.2, -0.15) is 0 Å². The summed E-state index contributed by atoms with van der Waals surface area (Å²) in [6.07, 6.45) is -0.819. The van der Waals surface area contributed by atoms with E-state index >= 15 is 0 Å². The minimum absolute atomic E-state index is 0.134. The third kappa shape index (κ3) is 2.49. The van der Waals surface area contributed by atoms with E-state index in [9.17, 15) is 4.79 Å². The molecule has 0 N–H and O–H groups in total. The highest BCUT2D eigenvalue weighted by Crippen LogP contribution is 2.17. The summed E-state index contributed by atoms with van der Waals surface area (Å²) in [6, 6.07) is 3.89. The van der Waals surface area contributed by atoms with Crippen molar-refractivity contribution in [2.75, 3.05) is 14.2 Å². The highest BCUT2D eigenvalue weighted by molar-refractivity contribution is 6.00. The van der Waals surface area contributed by atoms with E-state index in [1.54, 1.807) is 0 Å². The van der Waals surface area contributed by atoms with E-state index in [-0.39, 0.29) is 5.78 Å². The van der Waals surface area contributed by atoms with Crippen molar-refractivity contribution in [2.45, 2.75) is 27.1 Å². The van der Waals surface area contributed by atoms with Gasteiger partial charge in [-0.1, -0.05) is 6.07 Å². The Kier molecular flexibility index (Phi) is 4.21. The van der Waals surface area contributed by atoms with Gasteiger partial charge < -0.3 is 9.47 Å². The zero-order valence-electron chi connectivity index (χ0n) is 10.5. The van der Waals surface area contributed by atoms with Gasteiger partial charge in [0.2, 0.25) is 12.1 Å². The molecule has 0 bridgehead atoms. The third-order valence-electron chi connectivity index (χ3n) is 2.75. The Morgan fingerprint density at radius 3 is 2.00 bits per heavy atom. The lowest BCUT2D eigenvalue weighted by Gasteiger charge is -2.14. The zero-order chi connectivity index (χ0) is 12.3. The zero-order valence-corrected chi connectivity index (χ0v) is 10.5. The van der Waals surface area contributed by atoms with Crippen molar-refractivity contribution >= 4 is 5.78 Å². The quantitative estimate of drug-likeness (QED) is 0.579. The molecule has 0 saturated carbocycles. The molecule has 3 heteroatoms. The molecule has 0 unspecified atom stereocenters. The molecule has 0 aliphatic rings. The van der Waals surface area contributed by atoms with E-state index in [0.717, 1.165) is 11.1 Å². The van der Waals surface area contributed by atoms with Gasteiger partial charge >= 0.3 is 0 Å². The molecule has 0 radical (unpaired) electrons. The predicted molar refractivity (Wildman–Crippen MR) is 62.8 cm³/mol. The lowest BCUT2D eigenvalue weighted by Crippen LogP contribution is -2.25. The minimum atomic E-state index is -0.819. The summed E-state index contributed by atoms with van der Waals surface area (Å²) >= 11 is 0. The van der Waals surface area contributed by atoms with Crippen molar-refractivity contribution in [1.82, 2.24) is 0 Å². The van der Waals surface area contributed by atoms with Crippen molar-refractivity contribution in [1.29, 1.82) is 0 Å². The number of hydrogen-bond donors (Lipinski definition) is 0. The Morgan fingerprint density at radius 2 is 1.50 bits per heavy atom. The maximum absolute atomic E-state index is 12.0. The van der Waals surface area contributed by atoms with Gasteiger partial charge in [0.05, 0.1) is 0 Å². The summed E-state index contributed by atoms with van der Waals surface area (Å²) in [6.45, 7) is 5.93. The molecule has 0 amide bonds. The van der Waals surface area contributed by atoms with Crippen LogP contribution in [-0.2, 0) is 9.47 Å². The first-order valence-electron chi connectivity index (χ1n) is 5.19. The smallest absolute Gasteiger partial charge is 0.222 e. The number of rotatable bonds is 4. The lowest BCUT2D eigenvalue weighted by atomic mass is 9.98. The Balaban J connectivity index is 3.13. The molecule has 0 atom stereocenters. The molecule has 88 valence electrons. The highest BCUT2D eigenvalue weighted by Gasteiger charge is 2.20. The van der Waals surface area contributed by atoms with Crippen molar-refractivity contribution in [3.63, 3.8) is 0 Å². The van der Waals surface area contributed by atoms with E-state index in [1.165, 1.54) is 19.8 Å². The fraction of sp³-hybridized carbons (Fsp3) is 0.462. The number of carbonyl (C=O) groups is 1. The van der Waals surface area contributed by atoms with Crippen LogP contribution in [0, 0.1) is 20.8 Å². The summed E-state index contributed by atoms with van der Waals surface area (Å²) in [7, 11) is 2.92. The Hall–Kier alpha value is -1.19. The highest BCUT2D eigenvalue weighted by atomic mass is 16.7. The van der Waals surface area contributed by atoms with E-state index in [1.807, 2.05) is 32.9 Å². The van der Waals surface area contributed by atoms with Gasteiger partial charge in [-0.25, -0.2) is 0 Å². The first-order valence-corrected chi connectivity index (χ1v) is 5.19. The van der Waals surface area contributed by atoms with Gasteiger partial charge in [0, 0.05) is 19.8 Å². The van der Waals surface area contributed by atoms with Crippen LogP contribution in [0.2, 0.25) is 0 Å². The van der Waals surface area contributed by atoms with Crippen LogP contribution in [0.25, 0.3) is 0 Å². The predicted octanol–water partition coefficient (Wildman–Crippen LogP) is 2.41. The summed E-state index contributed by atoms with van der Waals surface area (Å²) in [5, 5.41) is 0. The molecule has 0 spiro atoms.